The van der Waals surface area contributed by atoms with Crippen LogP contribution < -0.4 is 5.73 Å². The molecule has 0 atom stereocenters. The first-order chi connectivity index (χ1) is 8.67. The van der Waals surface area contributed by atoms with E-state index in [9.17, 15) is 0 Å². The molecular weight excluding hydrogens is 290 g/mol. The van der Waals surface area contributed by atoms with E-state index in [0.717, 1.165) is 46.8 Å². The molecule has 1 aromatic carbocycles. The van der Waals surface area contributed by atoms with Crippen molar-refractivity contribution in [2.24, 2.45) is 0 Å². The van der Waals surface area contributed by atoms with Gasteiger partial charge in [-0.25, -0.2) is 4.98 Å². The van der Waals surface area contributed by atoms with Gasteiger partial charge in [-0.2, -0.15) is 0 Å². The van der Waals surface area contributed by atoms with E-state index in [1.807, 2.05) is 18.2 Å². The lowest BCUT2D eigenvalue weighted by atomic mass is 10.1. The van der Waals surface area contributed by atoms with Crippen molar-refractivity contribution in [3.63, 3.8) is 0 Å². The fraction of sp³-hybridized carbons (Fsp3) is 0.357. The predicted octanol–water partition coefficient (Wildman–Crippen LogP) is 3.87. The van der Waals surface area contributed by atoms with Crippen molar-refractivity contribution in [3.05, 3.63) is 34.6 Å². The largest absolute Gasteiger partial charge is 0.383 e. The first kappa shape index (κ1) is 13.1. The molecule has 0 bridgehead atoms. The van der Waals surface area contributed by atoms with Crippen LogP contribution >= 0.6 is 15.9 Å². The van der Waals surface area contributed by atoms with Gasteiger partial charge in [0.2, 0.25) is 0 Å². The van der Waals surface area contributed by atoms with Crippen LogP contribution in [0.1, 0.15) is 26.1 Å². The van der Waals surface area contributed by atoms with Crippen LogP contribution in [0.3, 0.4) is 0 Å². The van der Waals surface area contributed by atoms with Gasteiger partial charge in [-0.05, 0) is 18.6 Å². The number of benzene rings is 1. The first-order valence-corrected chi connectivity index (χ1v) is 7.07. The molecule has 0 aliphatic carbocycles. The third-order valence-corrected chi connectivity index (χ3v) is 3.44. The van der Waals surface area contributed by atoms with E-state index < -0.39 is 0 Å². The number of nitrogens with zero attached hydrogens (tertiary/aromatic N) is 2. The monoisotopic (exact) mass is 307 g/mol. The molecular formula is C14H18BrN3. The highest BCUT2D eigenvalue weighted by atomic mass is 79.9. The van der Waals surface area contributed by atoms with Crippen LogP contribution in [0.2, 0.25) is 0 Å². The number of nitrogen functional groups attached to an aromatic ring is 1. The van der Waals surface area contributed by atoms with Gasteiger partial charge < -0.3 is 10.3 Å². The molecule has 0 spiro atoms. The minimum Gasteiger partial charge on any atom is -0.383 e. The van der Waals surface area contributed by atoms with E-state index >= 15 is 0 Å². The topological polar surface area (TPSA) is 43.8 Å². The Morgan fingerprint density at radius 1 is 1.33 bits per heavy atom. The molecule has 0 amide bonds. The van der Waals surface area contributed by atoms with Gasteiger partial charge in [0.05, 0.1) is 0 Å². The van der Waals surface area contributed by atoms with Gasteiger partial charge in [0.15, 0.2) is 0 Å². The number of hydrogen-bond donors (Lipinski definition) is 1. The summed E-state index contributed by atoms with van der Waals surface area (Å²) in [6, 6.07) is 8.10. The summed E-state index contributed by atoms with van der Waals surface area (Å²) in [7, 11) is 0. The summed E-state index contributed by atoms with van der Waals surface area (Å²) in [4.78, 5) is 4.68. The summed E-state index contributed by atoms with van der Waals surface area (Å²) in [6.45, 7) is 5.19. The van der Waals surface area contributed by atoms with Crippen molar-refractivity contribution in [2.45, 2.75) is 33.2 Å². The summed E-state index contributed by atoms with van der Waals surface area (Å²) < 4.78 is 3.17. The van der Waals surface area contributed by atoms with Gasteiger partial charge in [-0.15, -0.1) is 0 Å². The fourth-order valence-electron chi connectivity index (χ4n) is 2.10. The number of imidazole rings is 1. The lowest BCUT2D eigenvalue weighted by Gasteiger charge is -2.06. The van der Waals surface area contributed by atoms with Crippen LogP contribution in [0.5, 0.6) is 0 Å². The average molecular weight is 308 g/mol. The number of aromatic nitrogens is 2. The van der Waals surface area contributed by atoms with E-state index in [-0.39, 0.29) is 0 Å². The summed E-state index contributed by atoms with van der Waals surface area (Å²) in [5, 5.41) is 0. The Balaban J connectivity index is 2.51. The SMILES string of the molecule is CCCn1c(CC)nc(-c2cccc(Br)c2)c1N. The van der Waals surface area contributed by atoms with Crippen LogP contribution in [0.25, 0.3) is 11.3 Å². The molecule has 2 rings (SSSR count). The zero-order chi connectivity index (χ0) is 13.1. The number of aryl methyl sites for hydroxylation is 1. The second-order valence-electron chi connectivity index (χ2n) is 4.28. The summed E-state index contributed by atoms with van der Waals surface area (Å²) in [6.07, 6.45) is 1.96. The molecule has 96 valence electrons. The third-order valence-electron chi connectivity index (χ3n) is 2.95. The normalized spacial score (nSPS) is 10.8. The van der Waals surface area contributed by atoms with Gasteiger partial charge in [0.1, 0.15) is 17.3 Å². The quantitative estimate of drug-likeness (QED) is 0.932. The maximum absolute atomic E-state index is 6.23. The Kier molecular flexibility index (Phi) is 4.07. The summed E-state index contributed by atoms with van der Waals surface area (Å²) in [5.41, 5.74) is 8.18. The van der Waals surface area contributed by atoms with Crippen molar-refractivity contribution in [1.82, 2.24) is 9.55 Å². The lowest BCUT2D eigenvalue weighted by molar-refractivity contribution is 0.650. The fourth-order valence-corrected chi connectivity index (χ4v) is 2.50. The molecule has 0 aliphatic rings. The first-order valence-electron chi connectivity index (χ1n) is 6.28. The second-order valence-corrected chi connectivity index (χ2v) is 5.19. The number of halogens is 1. The minimum atomic E-state index is 0.770. The molecule has 0 fully saturated rings. The maximum atomic E-state index is 6.23. The van der Waals surface area contributed by atoms with E-state index in [0.29, 0.717) is 0 Å². The van der Waals surface area contributed by atoms with Crippen LogP contribution in [-0.4, -0.2) is 9.55 Å². The van der Waals surface area contributed by atoms with Crippen LogP contribution in [0, 0.1) is 0 Å². The number of rotatable bonds is 4. The Labute approximate surface area is 116 Å². The molecule has 2 N–H and O–H groups in total. The van der Waals surface area contributed by atoms with Gasteiger partial charge in [0, 0.05) is 23.0 Å². The highest BCUT2D eigenvalue weighted by Gasteiger charge is 2.14. The molecule has 18 heavy (non-hydrogen) atoms. The van der Waals surface area contributed by atoms with Crippen LogP contribution in [0.4, 0.5) is 5.82 Å². The number of anilines is 1. The maximum Gasteiger partial charge on any atom is 0.131 e. The van der Waals surface area contributed by atoms with E-state index in [1.54, 1.807) is 0 Å². The molecule has 1 heterocycles. The lowest BCUT2D eigenvalue weighted by Crippen LogP contribution is -2.06. The van der Waals surface area contributed by atoms with Crippen molar-refractivity contribution >= 4 is 21.7 Å². The average Bonchev–Trinajstić information content (AvgIpc) is 2.67. The van der Waals surface area contributed by atoms with Crippen molar-refractivity contribution in [2.75, 3.05) is 5.73 Å². The van der Waals surface area contributed by atoms with Gasteiger partial charge >= 0.3 is 0 Å². The van der Waals surface area contributed by atoms with E-state index in [4.69, 9.17) is 5.73 Å². The number of nitrogens with two attached hydrogens (primary N) is 1. The predicted molar refractivity (Wildman–Crippen MR) is 79.4 cm³/mol. The highest BCUT2D eigenvalue weighted by Crippen LogP contribution is 2.28. The second kappa shape index (κ2) is 5.57. The molecule has 2 aromatic rings. The molecule has 0 aliphatic heterocycles. The van der Waals surface area contributed by atoms with Gasteiger partial charge in [-0.3, -0.25) is 0 Å². The van der Waals surface area contributed by atoms with Crippen molar-refractivity contribution < 1.29 is 0 Å². The van der Waals surface area contributed by atoms with Crippen LogP contribution in [0.15, 0.2) is 28.7 Å². The zero-order valence-electron chi connectivity index (χ0n) is 10.8. The molecule has 1 aromatic heterocycles. The minimum absolute atomic E-state index is 0.770. The Hall–Kier alpha value is -1.29. The summed E-state index contributed by atoms with van der Waals surface area (Å²) >= 11 is 3.48. The number of hydrogen-bond acceptors (Lipinski definition) is 2. The van der Waals surface area contributed by atoms with E-state index in [2.05, 4.69) is 45.4 Å². The smallest absolute Gasteiger partial charge is 0.131 e. The standard InChI is InChI=1S/C14H18BrN3/c1-3-8-18-12(4-2)17-13(14(18)16)10-6-5-7-11(15)9-10/h5-7,9H,3-4,8,16H2,1-2H3. The molecule has 4 heteroatoms. The van der Waals surface area contributed by atoms with Crippen LogP contribution in [-0.2, 0) is 13.0 Å². The Morgan fingerprint density at radius 3 is 2.72 bits per heavy atom. The molecule has 0 saturated carbocycles. The van der Waals surface area contributed by atoms with Gasteiger partial charge in [-0.1, -0.05) is 41.9 Å². The molecule has 0 saturated heterocycles. The summed E-state index contributed by atoms with van der Waals surface area (Å²) in [5.74, 6) is 1.83. The molecule has 0 radical (unpaired) electrons. The Bertz CT molecular complexity index is 546. The van der Waals surface area contributed by atoms with Gasteiger partial charge in [0.25, 0.3) is 0 Å². The van der Waals surface area contributed by atoms with Crippen molar-refractivity contribution in [3.8, 4) is 11.3 Å². The third kappa shape index (κ3) is 2.43. The highest BCUT2D eigenvalue weighted by molar-refractivity contribution is 9.10. The van der Waals surface area contributed by atoms with E-state index in [1.165, 1.54) is 0 Å². The molecule has 0 unspecified atom stereocenters. The van der Waals surface area contributed by atoms with Crippen molar-refractivity contribution in [1.29, 1.82) is 0 Å². The molecule has 3 nitrogen and oxygen atoms in total. The zero-order valence-corrected chi connectivity index (χ0v) is 12.4. The Morgan fingerprint density at radius 2 is 2.11 bits per heavy atom.